The van der Waals surface area contributed by atoms with E-state index in [0.29, 0.717) is 23.8 Å². The predicted molar refractivity (Wildman–Crippen MR) is 100 cm³/mol. The minimum atomic E-state index is -0.0831. The van der Waals surface area contributed by atoms with E-state index in [1.165, 1.54) is 0 Å². The van der Waals surface area contributed by atoms with Crippen LogP contribution in [-0.2, 0) is 6.54 Å². The highest BCUT2D eigenvalue weighted by atomic mass is 35.5. The largest absolute Gasteiger partial charge is 0.333 e. The van der Waals surface area contributed by atoms with Crippen molar-refractivity contribution in [3.63, 3.8) is 0 Å². The zero-order valence-electron chi connectivity index (χ0n) is 14.3. The van der Waals surface area contributed by atoms with Gasteiger partial charge in [0.1, 0.15) is 0 Å². The monoisotopic (exact) mass is 353 g/mol. The van der Waals surface area contributed by atoms with E-state index in [0.717, 1.165) is 16.9 Å². The number of aryl methyl sites for hydroxylation is 1. The molecule has 0 bridgehead atoms. The summed E-state index contributed by atoms with van der Waals surface area (Å²) in [4.78, 5) is 14.6. The highest BCUT2D eigenvalue weighted by Crippen LogP contribution is 2.16. The van der Waals surface area contributed by atoms with Crippen molar-refractivity contribution in [2.45, 2.75) is 20.4 Å². The lowest BCUT2D eigenvalue weighted by atomic mass is 10.2. The zero-order chi connectivity index (χ0) is 17.8. The van der Waals surface area contributed by atoms with Gasteiger partial charge >= 0.3 is 0 Å². The molecule has 1 aromatic heterocycles. The molecule has 0 saturated carbocycles. The molecule has 5 heteroatoms. The molecule has 3 rings (SSSR count). The van der Waals surface area contributed by atoms with Crippen LogP contribution in [0.25, 0.3) is 5.69 Å². The summed E-state index contributed by atoms with van der Waals surface area (Å²) in [5, 5.41) is 5.18. The first-order chi connectivity index (χ1) is 12.1. The van der Waals surface area contributed by atoms with Crippen LogP contribution in [-0.4, -0.2) is 27.1 Å². The lowest BCUT2D eigenvalue weighted by Gasteiger charge is -2.20. The van der Waals surface area contributed by atoms with Gasteiger partial charge in [-0.2, -0.15) is 5.10 Å². The van der Waals surface area contributed by atoms with Crippen LogP contribution < -0.4 is 0 Å². The molecular formula is C20H20ClN3O. The minimum Gasteiger partial charge on any atom is -0.333 e. The Balaban J connectivity index is 1.84. The van der Waals surface area contributed by atoms with Gasteiger partial charge in [-0.05, 0) is 49.7 Å². The van der Waals surface area contributed by atoms with Gasteiger partial charge in [-0.1, -0.05) is 41.9 Å². The third kappa shape index (κ3) is 3.91. The maximum absolute atomic E-state index is 12.9. The molecule has 0 unspecified atom stereocenters. The molecule has 1 heterocycles. The molecule has 0 radical (unpaired) electrons. The standard InChI is InChI=1S/C20H20ClN3O/c1-3-23(14-16-8-7-9-17(21)13-16)20(25)19-12-15(2)24(22-19)18-10-5-4-6-11-18/h4-13H,3,14H2,1-2H3. The number of para-hydroxylation sites is 1. The van der Waals surface area contributed by atoms with Crippen molar-refractivity contribution in [1.82, 2.24) is 14.7 Å². The minimum absolute atomic E-state index is 0.0831. The van der Waals surface area contributed by atoms with Gasteiger partial charge in [-0.25, -0.2) is 4.68 Å². The second-order valence-electron chi connectivity index (χ2n) is 5.87. The number of aromatic nitrogens is 2. The number of rotatable bonds is 5. The first-order valence-electron chi connectivity index (χ1n) is 8.24. The predicted octanol–water partition coefficient (Wildman–Crippen LogP) is 4.50. The topological polar surface area (TPSA) is 38.1 Å². The number of benzene rings is 2. The smallest absolute Gasteiger partial charge is 0.274 e. The Labute approximate surface area is 152 Å². The highest BCUT2D eigenvalue weighted by Gasteiger charge is 2.19. The maximum atomic E-state index is 12.9. The Morgan fingerprint density at radius 1 is 1.12 bits per heavy atom. The Kier molecular flexibility index (Phi) is 5.19. The van der Waals surface area contributed by atoms with E-state index in [9.17, 15) is 4.79 Å². The average Bonchev–Trinajstić information content (AvgIpc) is 3.02. The molecule has 3 aromatic rings. The van der Waals surface area contributed by atoms with Crippen LogP contribution in [0.4, 0.5) is 0 Å². The van der Waals surface area contributed by atoms with E-state index < -0.39 is 0 Å². The summed E-state index contributed by atoms with van der Waals surface area (Å²) >= 11 is 6.04. The van der Waals surface area contributed by atoms with Crippen LogP contribution in [0.15, 0.2) is 60.7 Å². The third-order valence-corrected chi connectivity index (χ3v) is 4.27. The summed E-state index contributed by atoms with van der Waals surface area (Å²) in [5.74, 6) is -0.0831. The first kappa shape index (κ1) is 17.2. The summed E-state index contributed by atoms with van der Waals surface area (Å²) < 4.78 is 1.79. The van der Waals surface area contributed by atoms with Crippen LogP contribution >= 0.6 is 11.6 Å². The lowest BCUT2D eigenvalue weighted by Crippen LogP contribution is -2.30. The Hall–Kier alpha value is -2.59. The fraction of sp³-hybridized carbons (Fsp3) is 0.200. The van der Waals surface area contributed by atoms with Crippen molar-refractivity contribution in [2.24, 2.45) is 0 Å². The zero-order valence-corrected chi connectivity index (χ0v) is 15.1. The van der Waals surface area contributed by atoms with Gasteiger partial charge < -0.3 is 4.90 Å². The second-order valence-corrected chi connectivity index (χ2v) is 6.30. The van der Waals surface area contributed by atoms with Crippen molar-refractivity contribution < 1.29 is 4.79 Å². The van der Waals surface area contributed by atoms with Gasteiger partial charge in [0.2, 0.25) is 0 Å². The molecule has 0 fully saturated rings. The highest BCUT2D eigenvalue weighted by molar-refractivity contribution is 6.30. The van der Waals surface area contributed by atoms with Crippen molar-refractivity contribution >= 4 is 17.5 Å². The van der Waals surface area contributed by atoms with Crippen LogP contribution in [0.2, 0.25) is 5.02 Å². The SMILES string of the molecule is CCN(Cc1cccc(Cl)c1)C(=O)c1cc(C)n(-c2ccccc2)n1. The molecule has 0 N–H and O–H groups in total. The van der Waals surface area contributed by atoms with E-state index in [-0.39, 0.29) is 5.91 Å². The Bertz CT molecular complexity index is 874. The molecule has 2 aromatic carbocycles. The van der Waals surface area contributed by atoms with Crippen LogP contribution in [0, 0.1) is 6.92 Å². The molecule has 0 atom stereocenters. The summed E-state index contributed by atoms with van der Waals surface area (Å²) in [6.45, 7) is 5.02. The molecule has 1 amide bonds. The Morgan fingerprint density at radius 2 is 1.88 bits per heavy atom. The van der Waals surface area contributed by atoms with Gasteiger partial charge in [0.05, 0.1) is 5.69 Å². The van der Waals surface area contributed by atoms with Crippen molar-refractivity contribution in [1.29, 1.82) is 0 Å². The molecule has 0 aliphatic carbocycles. The van der Waals surface area contributed by atoms with E-state index in [1.807, 2.05) is 74.5 Å². The van der Waals surface area contributed by atoms with E-state index in [4.69, 9.17) is 11.6 Å². The van der Waals surface area contributed by atoms with Gasteiger partial charge in [-0.3, -0.25) is 4.79 Å². The van der Waals surface area contributed by atoms with Crippen molar-refractivity contribution in [3.05, 3.63) is 82.6 Å². The number of carbonyl (C=O) groups excluding carboxylic acids is 1. The third-order valence-electron chi connectivity index (χ3n) is 4.04. The number of carbonyl (C=O) groups is 1. The molecular weight excluding hydrogens is 334 g/mol. The lowest BCUT2D eigenvalue weighted by molar-refractivity contribution is 0.0746. The Morgan fingerprint density at radius 3 is 2.56 bits per heavy atom. The summed E-state index contributed by atoms with van der Waals surface area (Å²) in [6.07, 6.45) is 0. The van der Waals surface area contributed by atoms with Gasteiger partial charge in [0, 0.05) is 23.8 Å². The van der Waals surface area contributed by atoms with Crippen LogP contribution in [0.3, 0.4) is 0 Å². The molecule has 25 heavy (non-hydrogen) atoms. The maximum Gasteiger partial charge on any atom is 0.274 e. The number of amides is 1. The number of hydrogen-bond donors (Lipinski definition) is 0. The molecule has 0 aliphatic rings. The van der Waals surface area contributed by atoms with Gasteiger partial charge in [-0.15, -0.1) is 0 Å². The molecule has 0 spiro atoms. The molecule has 128 valence electrons. The van der Waals surface area contributed by atoms with Crippen molar-refractivity contribution in [2.75, 3.05) is 6.54 Å². The fourth-order valence-corrected chi connectivity index (χ4v) is 2.97. The summed E-state index contributed by atoms with van der Waals surface area (Å²) in [7, 11) is 0. The number of nitrogens with zero attached hydrogens (tertiary/aromatic N) is 3. The van der Waals surface area contributed by atoms with Crippen LogP contribution in [0.1, 0.15) is 28.7 Å². The first-order valence-corrected chi connectivity index (χ1v) is 8.62. The molecule has 0 aliphatic heterocycles. The summed E-state index contributed by atoms with van der Waals surface area (Å²) in [5.41, 5.74) is 3.32. The quantitative estimate of drug-likeness (QED) is 0.677. The average molecular weight is 354 g/mol. The fourth-order valence-electron chi connectivity index (χ4n) is 2.75. The van der Waals surface area contributed by atoms with E-state index in [1.54, 1.807) is 9.58 Å². The molecule has 4 nitrogen and oxygen atoms in total. The van der Waals surface area contributed by atoms with E-state index >= 15 is 0 Å². The number of hydrogen-bond acceptors (Lipinski definition) is 2. The van der Waals surface area contributed by atoms with Gasteiger partial charge in [0.25, 0.3) is 5.91 Å². The molecule has 0 saturated heterocycles. The van der Waals surface area contributed by atoms with Crippen LogP contribution in [0.5, 0.6) is 0 Å². The number of halogens is 1. The van der Waals surface area contributed by atoms with E-state index in [2.05, 4.69) is 5.10 Å². The van der Waals surface area contributed by atoms with Gasteiger partial charge in [0.15, 0.2) is 5.69 Å². The second kappa shape index (κ2) is 7.53. The summed E-state index contributed by atoms with van der Waals surface area (Å²) in [6, 6.07) is 19.2. The normalized spacial score (nSPS) is 10.7. The van der Waals surface area contributed by atoms with Crippen molar-refractivity contribution in [3.8, 4) is 5.69 Å².